The van der Waals surface area contributed by atoms with E-state index in [9.17, 15) is 9.18 Å². The number of benzene rings is 2. The van der Waals surface area contributed by atoms with Crippen molar-refractivity contribution < 1.29 is 13.9 Å². The third kappa shape index (κ3) is 2.38. The molecule has 0 saturated heterocycles. The van der Waals surface area contributed by atoms with Crippen molar-refractivity contribution in [2.45, 2.75) is 0 Å². The molecule has 0 unspecified atom stereocenters. The van der Waals surface area contributed by atoms with Crippen LogP contribution in [-0.2, 0) is 0 Å². The van der Waals surface area contributed by atoms with Crippen LogP contribution in [0.3, 0.4) is 0 Å². The molecule has 1 aliphatic heterocycles. The number of amides is 1. The molecule has 0 radical (unpaired) electrons. The molecule has 0 aromatic heterocycles. The van der Waals surface area contributed by atoms with Gasteiger partial charge in [-0.05, 0) is 30.3 Å². The molecule has 1 heterocycles. The van der Waals surface area contributed by atoms with E-state index >= 15 is 0 Å². The predicted octanol–water partition coefficient (Wildman–Crippen LogP) is 3.60. The smallest absolute Gasteiger partial charge is 0.259 e. The van der Waals surface area contributed by atoms with Crippen LogP contribution in [0.25, 0.3) is 5.70 Å². The Kier molecular flexibility index (Phi) is 3.16. The van der Waals surface area contributed by atoms with Crippen molar-refractivity contribution in [3.05, 3.63) is 70.7 Å². The van der Waals surface area contributed by atoms with Gasteiger partial charge in [-0.1, -0.05) is 23.7 Å². The molecule has 100 valence electrons. The Labute approximate surface area is 119 Å². The summed E-state index contributed by atoms with van der Waals surface area (Å²) in [5.74, 6) is -0.594. The van der Waals surface area contributed by atoms with Gasteiger partial charge in [0.05, 0.1) is 11.3 Å². The van der Waals surface area contributed by atoms with Crippen LogP contribution in [0.4, 0.5) is 4.39 Å². The van der Waals surface area contributed by atoms with E-state index in [1.807, 2.05) is 0 Å². The number of rotatable bonds is 1. The molecular weight excluding hydrogens is 281 g/mol. The van der Waals surface area contributed by atoms with Crippen molar-refractivity contribution in [2.24, 2.45) is 0 Å². The van der Waals surface area contributed by atoms with Crippen molar-refractivity contribution in [1.29, 1.82) is 0 Å². The highest BCUT2D eigenvalue weighted by atomic mass is 35.5. The standard InChI is InChI=1S/C15H9ClFNO2/c16-10-3-1-9(2-4-10)13-8-20-14-6-5-11(17)7-12(14)15(19)18-13/h1-8H,(H,18,19). The van der Waals surface area contributed by atoms with Crippen LogP contribution in [0.5, 0.6) is 5.75 Å². The molecule has 1 N–H and O–H groups in total. The van der Waals surface area contributed by atoms with Crippen LogP contribution in [0.1, 0.15) is 15.9 Å². The number of nitrogens with one attached hydrogen (secondary N) is 1. The van der Waals surface area contributed by atoms with Crippen molar-refractivity contribution in [2.75, 3.05) is 0 Å². The van der Waals surface area contributed by atoms with Crippen molar-refractivity contribution in [3.8, 4) is 5.75 Å². The Hall–Kier alpha value is -2.33. The third-order valence-corrected chi connectivity index (χ3v) is 3.15. The largest absolute Gasteiger partial charge is 0.462 e. The lowest BCUT2D eigenvalue weighted by Gasteiger charge is -2.06. The van der Waals surface area contributed by atoms with E-state index in [4.69, 9.17) is 16.3 Å². The van der Waals surface area contributed by atoms with Gasteiger partial charge in [-0.3, -0.25) is 4.79 Å². The maximum atomic E-state index is 13.2. The molecule has 0 saturated carbocycles. The second-order valence-corrected chi connectivity index (χ2v) is 4.69. The summed E-state index contributed by atoms with van der Waals surface area (Å²) >= 11 is 5.82. The monoisotopic (exact) mass is 289 g/mol. The lowest BCUT2D eigenvalue weighted by Crippen LogP contribution is -2.20. The fourth-order valence-corrected chi connectivity index (χ4v) is 2.02. The van der Waals surface area contributed by atoms with Crippen LogP contribution in [0.2, 0.25) is 5.02 Å². The van der Waals surface area contributed by atoms with Gasteiger partial charge in [-0.25, -0.2) is 4.39 Å². The van der Waals surface area contributed by atoms with Gasteiger partial charge < -0.3 is 10.1 Å². The lowest BCUT2D eigenvalue weighted by molar-refractivity contribution is 0.0973. The second-order valence-electron chi connectivity index (χ2n) is 4.25. The van der Waals surface area contributed by atoms with Gasteiger partial charge >= 0.3 is 0 Å². The molecule has 3 nitrogen and oxygen atoms in total. The molecule has 1 aliphatic rings. The summed E-state index contributed by atoms with van der Waals surface area (Å²) in [5, 5.41) is 3.28. The lowest BCUT2D eigenvalue weighted by atomic mass is 10.1. The van der Waals surface area contributed by atoms with E-state index in [-0.39, 0.29) is 5.56 Å². The molecule has 3 rings (SSSR count). The zero-order valence-corrected chi connectivity index (χ0v) is 10.9. The highest BCUT2D eigenvalue weighted by Gasteiger charge is 2.19. The molecule has 0 spiro atoms. The fourth-order valence-electron chi connectivity index (χ4n) is 1.89. The first-order valence-electron chi connectivity index (χ1n) is 5.87. The quantitative estimate of drug-likeness (QED) is 0.871. The number of halogens is 2. The second kappa shape index (κ2) is 4.98. The summed E-state index contributed by atoms with van der Waals surface area (Å²) in [6.45, 7) is 0. The Morgan fingerprint density at radius 2 is 1.85 bits per heavy atom. The molecule has 0 bridgehead atoms. The topological polar surface area (TPSA) is 38.3 Å². The minimum atomic E-state index is -0.488. The van der Waals surface area contributed by atoms with E-state index in [1.165, 1.54) is 18.4 Å². The van der Waals surface area contributed by atoms with E-state index < -0.39 is 11.7 Å². The summed E-state index contributed by atoms with van der Waals surface area (Å²) in [5.41, 5.74) is 1.39. The predicted molar refractivity (Wildman–Crippen MR) is 73.9 cm³/mol. The highest BCUT2D eigenvalue weighted by Crippen LogP contribution is 2.25. The first-order valence-corrected chi connectivity index (χ1v) is 6.25. The number of carbonyl (C=O) groups is 1. The molecular formula is C15H9ClFNO2. The summed E-state index contributed by atoms with van der Waals surface area (Å²) in [7, 11) is 0. The Bertz CT molecular complexity index is 710. The molecule has 20 heavy (non-hydrogen) atoms. The summed E-state index contributed by atoms with van der Waals surface area (Å²) in [6, 6.07) is 10.7. The molecule has 2 aromatic carbocycles. The van der Waals surface area contributed by atoms with Crippen molar-refractivity contribution in [3.63, 3.8) is 0 Å². The van der Waals surface area contributed by atoms with Gasteiger partial charge in [-0.15, -0.1) is 0 Å². The molecule has 0 fully saturated rings. The Morgan fingerprint density at radius 3 is 2.60 bits per heavy atom. The van der Waals surface area contributed by atoms with Crippen molar-refractivity contribution in [1.82, 2.24) is 5.32 Å². The number of carbonyl (C=O) groups excluding carboxylic acids is 1. The number of ether oxygens (including phenoxy) is 1. The van der Waals surface area contributed by atoms with Crippen LogP contribution in [-0.4, -0.2) is 5.91 Å². The molecule has 0 atom stereocenters. The maximum absolute atomic E-state index is 13.2. The average Bonchev–Trinajstić information content (AvgIpc) is 2.60. The van der Waals surface area contributed by atoms with Crippen LogP contribution in [0.15, 0.2) is 48.7 Å². The summed E-state index contributed by atoms with van der Waals surface area (Å²) < 4.78 is 18.6. The number of fused-ring (bicyclic) bond motifs is 1. The van der Waals surface area contributed by atoms with Crippen LogP contribution in [0, 0.1) is 5.82 Å². The van der Waals surface area contributed by atoms with E-state index in [2.05, 4.69) is 5.32 Å². The van der Waals surface area contributed by atoms with Gasteiger partial charge in [0.15, 0.2) is 0 Å². The van der Waals surface area contributed by atoms with E-state index in [1.54, 1.807) is 24.3 Å². The number of hydrogen-bond acceptors (Lipinski definition) is 2. The Balaban J connectivity index is 1.97. The average molecular weight is 290 g/mol. The maximum Gasteiger partial charge on any atom is 0.259 e. The van der Waals surface area contributed by atoms with Crippen LogP contribution < -0.4 is 10.1 Å². The van der Waals surface area contributed by atoms with E-state index in [0.29, 0.717) is 16.5 Å². The molecule has 2 aromatic rings. The minimum Gasteiger partial charge on any atom is -0.462 e. The SMILES string of the molecule is O=C1NC(c2ccc(Cl)cc2)=COc2ccc(F)cc21. The van der Waals surface area contributed by atoms with Crippen molar-refractivity contribution >= 4 is 23.2 Å². The van der Waals surface area contributed by atoms with Gasteiger partial charge in [0.1, 0.15) is 17.8 Å². The minimum absolute atomic E-state index is 0.158. The van der Waals surface area contributed by atoms with Gasteiger partial charge in [-0.2, -0.15) is 0 Å². The van der Waals surface area contributed by atoms with Gasteiger partial charge in [0.2, 0.25) is 0 Å². The molecule has 1 amide bonds. The van der Waals surface area contributed by atoms with Crippen LogP contribution >= 0.6 is 11.6 Å². The van der Waals surface area contributed by atoms with E-state index in [0.717, 1.165) is 11.6 Å². The Morgan fingerprint density at radius 1 is 1.10 bits per heavy atom. The normalized spacial score (nSPS) is 13.7. The fraction of sp³-hybridized carbons (Fsp3) is 0. The summed E-state index contributed by atoms with van der Waals surface area (Å²) in [4.78, 5) is 12.1. The third-order valence-electron chi connectivity index (χ3n) is 2.89. The molecule has 5 heteroatoms. The zero-order valence-electron chi connectivity index (χ0n) is 10.2. The molecule has 0 aliphatic carbocycles. The van der Waals surface area contributed by atoms with Gasteiger partial charge in [0.25, 0.3) is 5.91 Å². The summed E-state index contributed by atoms with van der Waals surface area (Å²) in [6.07, 6.45) is 1.42. The highest BCUT2D eigenvalue weighted by molar-refractivity contribution is 6.30. The number of hydrogen-bond donors (Lipinski definition) is 1. The zero-order chi connectivity index (χ0) is 14.1. The first kappa shape index (κ1) is 12.7. The van der Waals surface area contributed by atoms with Gasteiger partial charge in [0, 0.05) is 10.6 Å². The first-order chi connectivity index (χ1) is 9.63.